The minimum atomic E-state index is -0.0557. The van der Waals surface area contributed by atoms with E-state index in [9.17, 15) is 4.79 Å². The van der Waals surface area contributed by atoms with E-state index in [1.165, 1.54) is 0 Å². The summed E-state index contributed by atoms with van der Waals surface area (Å²) in [4.78, 5) is 19.3. The van der Waals surface area contributed by atoms with Crippen molar-refractivity contribution in [3.05, 3.63) is 64.2 Å². The van der Waals surface area contributed by atoms with Crippen LogP contribution in [0.1, 0.15) is 39.5 Å². The molecule has 1 heterocycles. The molecule has 1 aromatic heterocycles. The smallest absolute Gasteiger partial charge is 0.254 e. The third kappa shape index (κ3) is 2.99. The highest BCUT2D eigenvalue weighted by atomic mass is 32.1. The van der Waals surface area contributed by atoms with Gasteiger partial charge in [-0.25, -0.2) is 4.98 Å². The predicted octanol–water partition coefficient (Wildman–Crippen LogP) is 4.75. The number of hydrogen-bond donors (Lipinski definition) is 0. The summed E-state index contributed by atoms with van der Waals surface area (Å²) in [5.74, 6) is 0.0398. The van der Waals surface area contributed by atoms with Crippen LogP contribution in [0.25, 0.3) is 10.2 Å². The molecule has 0 spiro atoms. The number of nitrogens with zero attached hydrogens (tertiary/aromatic N) is 2. The summed E-state index contributed by atoms with van der Waals surface area (Å²) in [5, 5.41) is 0.965. The van der Waals surface area contributed by atoms with E-state index < -0.39 is 0 Å². The Morgan fingerprint density at radius 2 is 1.91 bits per heavy atom. The fourth-order valence-electron chi connectivity index (χ4n) is 2.57. The lowest BCUT2D eigenvalue weighted by molar-refractivity contribution is 0.0741. The molecule has 3 nitrogen and oxygen atoms in total. The third-order valence-electron chi connectivity index (χ3n) is 4.19. The first-order valence-electron chi connectivity index (χ1n) is 7.67. The van der Waals surface area contributed by atoms with E-state index >= 15 is 0 Å². The second-order valence-electron chi connectivity index (χ2n) is 5.93. The first-order valence-corrected chi connectivity index (χ1v) is 8.49. The molecular formula is C19H20N2OS. The Morgan fingerprint density at radius 1 is 1.17 bits per heavy atom. The van der Waals surface area contributed by atoms with Crippen molar-refractivity contribution >= 4 is 27.5 Å². The van der Waals surface area contributed by atoms with Crippen LogP contribution in [0.15, 0.2) is 42.5 Å². The molecular weight excluding hydrogens is 304 g/mol. The maximum Gasteiger partial charge on any atom is 0.254 e. The second-order valence-corrected chi connectivity index (χ2v) is 6.99. The van der Waals surface area contributed by atoms with Crippen molar-refractivity contribution in [3.63, 3.8) is 0 Å². The Labute approximate surface area is 140 Å². The summed E-state index contributed by atoms with van der Waals surface area (Å²) in [7, 11) is 1.85. The number of para-hydroxylation sites is 1. The lowest BCUT2D eigenvalue weighted by Crippen LogP contribution is -2.30. The number of aryl methyl sites for hydroxylation is 2. The minimum absolute atomic E-state index is 0.0398. The van der Waals surface area contributed by atoms with Gasteiger partial charge in [0.05, 0.1) is 16.3 Å². The molecule has 23 heavy (non-hydrogen) atoms. The maximum atomic E-state index is 12.9. The molecule has 3 aromatic rings. The van der Waals surface area contributed by atoms with Crippen LogP contribution in [-0.2, 0) is 0 Å². The van der Waals surface area contributed by atoms with Crippen LogP contribution >= 0.6 is 11.3 Å². The number of rotatable bonds is 3. The number of benzene rings is 2. The van der Waals surface area contributed by atoms with Gasteiger partial charge in [0.15, 0.2) is 0 Å². The van der Waals surface area contributed by atoms with Crippen LogP contribution in [-0.4, -0.2) is 22.8 Å². The van der Waals surface area contributed by atoms with Gasteiger partial charge in [-0.3, -0.25) is 4.79 Å². The van der Waals surface area contributed by atoms with Gasteiger partial charge in [0.25, 0.3) is 5.91 Å². The van der Waals surface area contributed by atoms with Gasteiger partial charge in [0.2, 0.25) is 0 Å². The van der Waals surface area contributed by atoms with Gasteiger partial charge in [-0.1, -0.05) is 29.8 Å². The number of aromatic nitrogens is 1. The van der Waals surface area contributed by atoms with Gasteiger partial charge in [-0.2, -0.15) is 0 Å². The summed E-state index contributed by atoms with van der Waals surface area (Å²) in [5.41, 5.74) is 3.86. The van der Waals surface area contributed by atoms with Gasteiger partial charge >= 0.3 is 0 Å². The fraction of sp³-hybridized carbons (Fsp3) is 0.263. The SMILES string of the molecule is Cc1ccc(C)c(C(=O)N(C)[C@H](C)c2nc3ccccc3s2)c1. The quantitative estimate of drug-likeness (QED) is 0.697. The molecule has 1 atom stereocenters. The summed E-state index contributed by atoms with van der Waals surface area (Å²) < 4.78 is 1.15. The zero-order valence-corrected chi connectivity index (χ0v) is 14.6. The monoisotopic (exact) mass is 324 g/mol. The summed E-state index contributed by atoms with van der Waals surface area (Å²) in [6.07, 6.45) is 0. The molecule has 4 heteroatoms. The van der Waals surface area contributed by atoms with Crippen LogP contribution in [0.3, 0.4) is 0 Å². The number of carbonyl (C=O) groups excluding carboxylic acids is 1. The third-order valence-corrected chi connectivity index (χ3v) is 5.40. The molecule has 0 saturated heterocycles. The molecule has 0 aliphatic heterocycles. The molecule has 0 N–H and O–H groups in total. The minimum Gasteiger partial charge on any atom is -0.333 e. The van der Waals surface area contributed by atoms with Gasteiger partial charge in [0, 0.05) is 12.6 Å². The van der Waals surface area contributed by atoms with E-state index in [1.54, 1.807) is 16.2 Å². The molecule has 0 unspecified atom stereocenters. The van der Waals surface area contributed by atoms with Crippen molar-refractivity contribution < 1.29 is 4.79 Å². The van der Waals surface area contributed by atoms with E-state index in [-0.39, 0.29) is 11.9 Å². The Bertz CT molecular complexity index is 836. The number of fused-ring (bicyclic) bond motifs is 1. The zero-order chi connectivity index (χ0) is 16.6. The normalized spacial score (nSPS) is 12.3. The topological polar surface area (TPSA) is 33.2 Å². The molecule has 1 amide bonds. The van der Waals surface area contributed by atoms with Gasteiger partial charge in [-0.15, -0.1) is 11.3 Å². The van der Waals surface area contributed by atoms with Crippen molar-refractivity contribution in [2.45, 2.75) is 26.8 Å². The molecule has 0 fully saturated rings. The van der Waals surface area contributed by atoms with Gasteiger partial charge < -0.3 is 4.90 Å². The second kappa shape index (κ2) is 6.13. The van der Waals surface area contributed by atoms with Crippen molar-refractivity contribution in [3.8, 4) is 0 Å². The molecule has 0 aliphatic rings. The van der Waals surface area contributed by atoms with Crippen molar-refractivity contribution in [1.82, 2.24) is 9.88 Å². The number of thiazole rings is 1. The number of amides is 1. The fourth-order valence-corrected chi connectivity index (χ4v) is 3.63. The highest BCUT2D eigenvalue weighted by molar-refractivity contribution is 7.18. The van der Waals surface area contributed by atoms with Crippen LogP contribution in [0, 0.1) is 13.8 Å². The average Bonchev–Trinajstić information content (AvgIpc) is 2.99. The number of carbonyl (C=O) groups is 1. The molecule has 0 radical (unpaired) electrons. The summed E-state index contributed by atoms with van der Waals surface area (Å²) in [6.45, 7) is 6.01. The van der Waals surface area contributed by atoms with Crippen molar-refractivity contribution in [2.75, 3.05) is 7.05 Å². The summed E-state index contributed by atoms with van der Waals surface area (Å²) in [6, 6.07) is 14.0. The largest absolute Gasteiger partial charge is 0.333 e. The Morgan fingerprint density at radius 3 is 2.65 bits per heavy atom. The van der Waals surface area contributed by atoms with Crippen LogP contribution in [0.5, 0.6) is 0 Å². The first kappa shape index (κ1) is 15.7. The molecule has 118 valence electrons. The van der Waals surface area contributed by atoms with Crippen molar-refractivity contribution in [2.24, 2.45) is 0 Å². The zero-order valence-electron chi connectivity index (χ0n) is 13.8. The predicted molar refractivity (Wildman–Crippen MR) is 96.0 cm³/mol. The lowest BCUT2D eigenvalue weighted by atomic mass is 10.0. The van der Waals surface area contributed by atoms with Crippen LogP contribution in [0.4, 0.5) is 0 Å². The van der Waals surface area contributed by atoms with Crippen molar-refractivity contribution in [1.29, 1.82) is 0 Å². The Hall–Kier alpha value is -2.20. The van der Waals surface area contributed by atoms with Gasteiger partial charge in [-0.05, 0) is 44.5 Å². The van der Waals surface area contributed by atoms with Crippen LogP contribution in [0.2, 0.25) is 0 Å². The van der Waals surface area contributed by atoms with Gasteiger partial charge in [0.1, 0.15) is 5.01 Å². The lowest BCUT2D eigenvalue weighted by Gasteiger charge is -2.24. The first-order chi connectivity index (χ1) is 11.0. The molecule has 0 aliphatic carbocycles. The highest BCUT2D eigenvalue weighted by Gasteiger charge is 2.22. The molecule has 2 aromatic carbocycles. The van der Waals surface area contributed by atoms with E-state index in [0.717, 1.165) is 31.9 Å². The maximum absolute atomic E-state index is 12.9. The van der Waals surface area contributed by atoms with E-state index in [2.05, 4.69) is 11.1 Å². The molecule has 0 saturated carbocycles. The molecule has 0 bridgehead atoms. The Kier molecular flexibility index (Phi) is 4.18. The molecule has 3 rings (SSSR count). The standard InChI is InChI=1S/C19H20N2OS/c1-12-9-10-13(2)15(11-12)19(22)21(4)14(3)18-20-16-7-5-6-8-17(16)23-18/h5-11,14H,1-4H3/t14-/m1/s1. The van der Waals surface area contributed by atoms with Crippen LogP contribution < -0.4 is 0 Å². The summed E-state index contributed by atoms with van der Waals surface area (Å²) >= 11 is 1.65. The Balaban J connectivity index is 1.90. The van der Waals surface area contributed by atoms with E-state index in [0.29, 0.717) is 0 Å². The number of hydrogen-bond acceptors (Lipinski definition) is 3. The average molecular weight is 324 g/mol. The highest BCUT2D eigenvalue weighted by Crippen LogP contribution is 2.29. The van der Waals surface area contributed by atoms with E-state index in [1.807, 2.05) is 64.2 Å². The van der Waals surface area contributed by atoms with E-state index in [4.69, 9.17) is 0 Å².